The van der Waals surface area contributed by atoms with E-state index < -0.39 is 0 Å². The van der Waals surface area contributed by atoms with Gasteiger partial charge in [-0.2, -0.15) is 0 Å². The number of anilines is 1. The molecule has 25 heavy (non-hydrogen) atoms. The van der Waals surface area contributed by atoms with Gasteiger partial charge in [0.2, 0.25) is 0 Å². The van der Waals surface area contributed by atoms with Crippen LogP contribution in [0.5, 0.6) is 0 Å². The third kappa shape index (κ3) is 3.54. The van der Waals surface area contributed by atoms with Crippen LogP contribution in [0, 0.1) is 5.82 Å². The number of rotatable bonds is 5. The minimum absolute atomic E-state index is 0.115. The lowest BCUT2D eigenvalue weighted by atomic mass is 10.2. The molecule has 1 fully saturated rings. The van der Waals surface area contributed by atoms with E-state index in [1.807, 2.05) is 12.1 Å². The molecule has 0 unspecified atom stereocenters. The molecule has 3 nitrogen and oxygen atoms in total. The number of halogens is 1. The van der Waals surface area contributed by atoms with Crippen LogP contribution >= 0.6 is 0 Å². The Morgan fingerprint density at radius 3 is 2.40 bits per heavy atom. The molecule has 1 saturated heterocycles. The van der Waals surface area contributed by atoms with Crippen LogP contribution < -0.4 is 4.90 Å². The number of piperazine rings is 1. The van der Waals surface area contributed by atoms with Crippen LogP contribution in [0.25, 0.3) is 10.9 Å². The maximum Gasteiger partial charge on any atom is 0.146 e. The molecular formula is C21H24FN3. The summed E-state index contributed by atoms with van der Waals surface area (Å²) in [5.41, 5.74) is 2.05. The van der Waals surface area contributed by atoms with Crippen LogP contribution in [0.2, 0.25) is 0 Å². The molecule has 0 N–H and O–H groups in total. The topological polar surface area (TPSA) is 11.4 Å². The third-order valence-corrected chi connectivity index (χ3v) is 5.12. The average molecular weight is 337 g/mol. The number of fused-ring (bicyclic) bond motifs is 1. The Kier molecular flexibility index (Phi) is 4.70. The molecule has 0 bridgehead atoms. The standard InChI is InChI=1S/C21H24FN3/c22-19-7-2-4-9-21(19)25-16-14-23(15-17-25)11-5-12-24-13-10-18-6-1-3-8-20(18)24/h1-4,6-10,13H,5,11-12,14-17H2. The van der Waals surface area contributed by atoms with Gasteiger partial charge in [0, 0.05) is 44.4 Å². The largest absolute Gasteiger partial charge is 0.367 e. The maximum absolute atomic E-state index is 13.9. The molecule has 3 aromatic rings. The van der Waals surface area contributed by atoms with Gasteiger partial charge in [0.25, 0.3) is 0 Å². The molecule has 0 amide bonds. The lowest BCUT2D eigenvalue weighted by Gasteiger charge is -2.36. The molecule has 0 spiro atoms. The monoisotopic (exact) mass is 337 g/mol. The van der Waals surface area contributed by atoms with Gasteiger partial charge in [0.05, 0.1) is 5.69 Å². The predicted octanol–water partition coefficient (Wildman–Crippen LogP) is 3.99. The van der Waals surface area contributed by atoms with E-state index in [4.69, 9.17) is 0 Å². The predicted molar refractivity (Wildman–Crippen MR) is 102 cm³/mol. The number of aryl methyl sites for hydroxylation is 1. The van der Waals surface area contributed by atoms with Crippen molar-refractivity contribution in [1.29, 1.82) is 0 Å². The number of benzene rings is 2. The summed E-state index contributed by atoms with van der Waals surface area (Å²) in [6.07, 6.45) is 3.32. The minimum atomic E-state index is -0.115. The van der Waals surface area contributed by atoms with E-state index in [0.29, 0.717) is 0 Å². The Morgan fingerprint density at radius 1 is 0.800 bits per heavy atom. The van der Waals surface area contributed by atoms with Crippen molar-refractivity contribution in [2.24, 2.45) is 0 Å². The second kappa shape index (κ2) is 7.28. The minimum Gasteiger partial charge on any atom is -0.367 e. The molecule has 0 radical (unpaired) electrons. The van der Waals surface area contributed by atoms with Crippen molar-refractivity contribution in [1.82, 2.24) is 9.47 Å². The van der Waals surface area contributed by atoms with E-state index in [9.17, 15) is 4.39 Å². The first kappa shape index (κ1) is 16.2. The van der Waals surface area contributed by atoms with E-state index in [2.05, 4.69) is 50.9 Å². The SMILES string of the molecule is Fc1ccccc1N1CCN(CCCn2ccc3ccccc32)CC1. The first-order valence-electron chi connectivity index (χ1n) is 9.07. The summed E-state index contributed by atoms with van der Waals surface area (Å²) in [5.74, 6) is -0.115. The second-order valence-electron chi connectivity index (χ2n) is 6.70. The molecule has 0 atom stereocenters. The van der Waals surface area contributed by atoms with E-state index >= 15 is 0 Å². The van der Waals surface area contributed by atoms with Crippen LogP contribution in [0.4, 0.5) is 10.1 Å². The van der Waals surface area contributed by atoms with Crippen molar-refractivity contribution in [3.05, 3.63) is 66.6 Å². The number of hydrogen-bond donors (Lipinski definition) is 0. The van der Waals surface area contributed by atoms with Gasteiger partial charge in [-0.05, 0) is 42.6 Å². The summed E-state index contributed by atoms with van der Waals surface area (Å²) in [6.45, 7) is 5.93. The summed E-state index contributed by atoms with van der Waals surface area (Å²) in [5, 5.41) is 1.31. The highest BCUT2D eigenvalue weighted by molar-refractivity contribution is 5.79. The van der Waals surface area contributed by atoms with Crippen LogP contribution in [-0.4, -0.2) is 42.2 Å². The van der Waals surface area contributed by atoms with E-state index in [-0.39, 0.29) is 5.82 Å². The molecule has 0 saturated carbocycles. The summed E-state index contributed by atoms with van der Waals surface area (Å²) in [6, 6.07) is 17.8. The zero-order valence-corrected chi connectivity index (χ0v) is 14.4. The molecule has 0 aliphatic carbocycles. The highest BCUT2D eigenvalue weighted by atomic mass is 19.1. The molecule has 1 aliphatic rings. The van der Waals surface area contributed by atoms with E-state index in [1.165, 1.54) is 10.9 Å². The fourth-order valence-corrected chi connectivity index (χ4v) is 3.72. The zero-order chi connectivity index (χ0) is 17.1. The average Bonchev–Trinajstić information content (AvgIpc) is 3.06. The first-order valence-corrected chi connectivity index (χ1v) is 9.07. The molecule has 130 valence electrons. The third-order valence-electron chi connectivity index (χ3n) is 5.12. The van der Waals surface area contributed by atoms with Crippen molar-refractivity contribution in [3.63, 3.8) is 0 Å². The smallest absolute Gasteiger partial charge is 0.146 e. The number of hydrogen-bond acceptors (Lipinski definition) is 2. The lowest BCUT2D eigenvalue weighted by Crippen LogP contribution is -2.47. The summed E-state index contributed by atoms with van der Waals surface area (Å²) in [7, 11) is 0. The lowest BCUT2D eigenvalue weighted by molar-refractivity contribution is 0.250. The van der Waals surface area contributed by atoms with Gasteiger partial charge in [-0.1, -0.05) is 30.3 Å². The second-order valence-corrected chi connectivity index (χ2v) is 6.70. The van der Waals surface area contributed by atoms with Crippen LogP contribution in [0.3, 0.4) is 0 Å². The van der Waals surface area contributed by atoms with Crippen molar-refractivity contribution in [2.45, 2.75) is 13.0 Å². The van der Waals surface area contributed by atoms with Gasteiger partial charge in [-0.3, -0.25) is 4.90 Å². The molecule has 2 aromatic carbocycles. The highest BCUT2D eigenvalue weighted by Gasteiger charge is 2.18. The van der Waals surface area contributed by atoms with Crippen molar-refractivity contribution < 1.29 is 4.39 Å². The maximum atomic E-state index is 13.9. The van der Waals surface area contributed by atoms with Gasteiger partial charge >= 0.3 is 0 Å². The van der Waals surface area contributed by atoms with Crippen LogP contribution in [-0.2, 0) is 6.54 Å². The van der Waals surface area contributed by atoms with Gasteiger partial charge in [0.1, 0.15) is 5.82 Å². The first-order chi connectivity index (χ1) is 12.3. The Labute approximate surface area is 148 Å². The fraction of sp³-hybridized carbons (Fsp3) is 0.333. The van der Waals surface area contributed by atoms with Crippen LogP contribution in [0.15, 0.2) is 60.8 Å². The number of aromatic nitrogens is 1. The van der Waals surface area contributed by atoms with Crippen molar-refractivity contribution in [3.8, 4) is 0 Å². The van der Waals surface area contributed by atoms with Gasteiger partial charge in [0.15, 0.2) is 0 Å². The van der Waals surface area contributed by atoms with Gasteiger partial charge in [-0.25, -0.2) is 4.39 Å². The zero-order valence-electron chi connectivity index (χ0n) is 14.4. The summed E-state index contributed by atoms with van der Waals surface area (Å²) in [4.78, 5) is 4.65. The Morgan fingerprint density at radius 2 is 1.56 bits per heavy atom. The summed E-state index contributed by atoms with van der Waals surface area (Å²) >= 11 is 0. The molecule has 4 heteroatoms. The number of nitrogens with zero attached hydrogens (tertiary/aromatic N) is 3. The number of para-hydroxylation sites is 2. The Bertz CT molecular complexity index is 834. The highest BCUT2D eigenvalue weighted by Crippen LogP contribution is 2.20. The van der Waals surface area contributed by atoms with E-state index in [0.717, 1.165) is 51.4 Å². The summed E-state index contributed by atoms with van der Waals surface area (Å²) < 4.78 is 16.2. The van der Waals surface area contributed by atoms with Crippen molar-refractivity contribution in [2.75, 3.05) is 37.6 Å². The van der Waals surface area contributed by atoms with Crippen LogP contribution in [0.1, 0.15) is 6.42 Å². The van der Waals surface area contributed by atoms with Crippen molar-refractivity contribution >= 4 is 16.6 Å². The Balaban J connectivity index is 1.27. The Hall–Kier alpha value is -2.33. The van der Waals surface area contributed by atoms with E-state index in [1.54, 1.807) is 12.1 Å². The molecule has 1 aliphatic heterocycles. The molecule has 4 rings (SSSR count). The molecule has 2 heterocycles. The fourth-order valence-electron chi connectivity index (χ4n) is 3.72. The van der Waals surface area contributed by atoms with Gasteiger partial charge in [-0.15, -0.1) is 0 Å². The van der Waals surface area contributed by atoms with Gasteiger partial charge < -0.3 is 9.47 Å². The normalized spacial score (nSPS) is 15.8. The quantitative estimate of drug-likeness (QED) is 0.697. The molecular weight excluding hydrogens is 313 g/mol. The molecule has 1 aromatic heterocycles.